The molecule has 32 heavy (non-hydrogen) atoms. The van der Waals surface area contributed by atoms with Crippen molar-refractivity contribution >= 4 is 23.7 Å². The Morgan fingerprint density at radius 2 is 2.00 bits per heavy atom. The molecular weight excluding hydrogens is 406 g/mol. The zero-order valence-electron chi connectivity index (χ0n) is 17.3. The predicted molar refractivity (Wildman–Crippen MR) is 118 cm³/mol. The first-order valence-corrected chi connectivity index (χ1v) is 10.4. The minimum Gasteiger partial charge on any atom is -0.396 e. The predicted octanol–water partition coefficient (Wildman–Crippen LogP) is 2.46. The number of amides is 1. The molecule has 1 amide bonds. The Bertz CT molecular complexity index is 1210. The number of ketones is 1. The van der Waals surface area contributed by atoms with Crippen LogP contribution in [0.15, 0.2) is 35.3 Å². The largest absolute Gasteiger partial charge is 0.396 e. The Morgan fingerprint density at radius 1 is 1.19 bits per heavy atom. The van der Waals surface area contributed by atoms with Crippen molar-refractivity contribution in [2.75, 3.05) is 6.61 Å². The molecular formula is C25H21N3O4. The normalized spacial score (nSPS) is 18.8. The molecule has 1 aromatic heterocycles. The molecule has 1 aliphatic carbocycles. The molecule has 2 heterocycles. The van der Waals surface area contributed by atoms with Gasteiger partial charge in [0.25, 0.3) is 5.91 Å². The quantitative estimate of drug-likeness (QED) is 0.396. The number of benzene rings is 1. The molecule has 0 saturated heterocycles. The maximum absolute atomic E-state index is 12.1. The minimum atomic E-state index is -0.719. The summed E-state index contributed by atoms with van der Waals surface area (Å²) in [5.41, 5.74) is 4.19. The maximum atomic E-state index is 12.1. The smallest absolute Gasteiger partial charge is 0.275 e. The molecule has 4 rings (SSSR count). The maximum Gasteiger partial charge on any atom is 0.275 e. The van der Waals surface area contributed by atoms with Crippen molar-refractivity contribution in [3.63, 3.8) is 0 Å². The van der Waals surface area contributed by atoms with Crippen LogP contribution in [0.3, 0.4) is 0 Å². The Morgan fingerprint density at radius 3 is 2.72 bits per heavy atom. The number of aliphatic hydroxyl groups excluding tert-OH is 1. The average molecular weight is 427 g/mol. The van der Waals surface area contributed by atoms with Crippen LogP contribution in [0.25, 0.3) is 11.3 Å². The number of rotatable bonds is 3. The van der Waals surface area contributed by atoms with Crippen molar-refractivity contribution in [3.05, 3.63) is 47.0 Å². The Kier molecular flexibility index (Phi) is 6.42. The number of carbonyl (C=O) groups is 2. The van der Waals surface area contributed by atoms with E-state index in [0.29, 0.717) is 23.1 Å². The number of carbonyl (C=O) groups excluding carboxylic acids is 2. The fourth-order valence-corrected chi connectivity index (χ4v) is 3.94. The van der Waals surface area contributed by atoms with E-state index >= 15 is 0 Å². The monoisotopic (exact) mass is 427 g/mol. The van der Waals surface area contributed by atoms with E-state index < -0.39 is 5.91 Å². The third-order valence-electron chi connectivity index (χ3n) is 5.66. The van der Waals surface area contributed by atoms with Gasteiger partial charge in [-0.1, -0.05) is 24.0 Å². The van der Waals surface area contributed by atoms with Gasteiger partial charge in [-0.25, -0.2) is 15.5 Å². The summed E-state index contributed by atoms with van der Waals surface area (Å²) in [6, 6.07) is 8.86. The third-order valence-corrected chi connectivity index (χ3v) is 5.66. The van der Waals surface area contributed by atoms with Crippen LogP contribution in [-0.4, -0.2) is 39.8 Å². The van der Waals surface area contributed by atoms with E-state index in [4.69, 9.17) is 5.21 Å². The van der Waals surface area contributed by atoms with Gasteiger partial charge in [-0.15, -0.1) is 0 Å². The van der Waals surface area contributed by atoms with Gasteiger partial charge in [0, 0.05) is 35.6 Å². The molecule has 1 saturated carbocycles. The molecule has 7 nitrogen and oxygen atoms in total. The number of aliphatic imine (C=N–C) groups is 1. The second-order valence-corrected chi connectivity index (χ2v) is 7.85. The van der Waals surface area contributed by atoms with Crippen LogP contribution in [0, 0.1) is 35.5 Å². The highest BCUT2D eigenvalue weighted by Crippen LogP contribution is 2.30. The first kappa shape index (κ1) is 21.5. The van der Waals surface area contributed by atoms with Gasteiger partial charge in [0.05, 0.1) is 17.5 Å². The third kappa shape index (κ3) is 4.76. The highest BCUT2D eigenvalue weighted by atomic mass is 16.5. The first-order valence-electron chi connectivity index (χ1n) is 10.4. The average Bonchev–Trinajstić information content (AvgIpc) is 3.29. The van der Waals surface area contributed by atoms with E-state index in [1.54, 1.807) is 5.48 Å². The Labute approximate surface area is 185 Å². The van der Waals surface area contributed by atoms with Gasteiger partial charge in [0.1, 0.15) is 0 Å². The van der Waals surface area contributed by atoms with Gasteiger partial charge in [-0.05, 0) is 55.2 Å². The molecule has 0 radical (unpaired) electrons. The fraction of sp³-hybridized carbons (Fsp3) is 0.280. The van der Waals surface area contributed by atoms with E-state index in [2.05, 4.69) is 33.7 Å². The van der Waals surface area contributed by atoms with Gasteiger partial charge in [0.15, 0.2) is 11.6 Å². The van der Waals surface area contributed by atoms with Crippen molar-refractivity contribution in [3.8, 4) is 34.9 Å². The summed E-state index contributed by atoms with van der Waals surface area (Å²) in [4.78, 5) is 32.3. The Balaban J connectivity index is 1.54. The molecule has 0 bridgehead atoms. The van der Waals surface area contributed by atoms with Crippen molar-refractivity contribution < 1.29 is 19.9 Å². The fourth-order valence-electron chi connectivity index (χ4n) is 3.94. The van der Waals surface area contributed by atoms with Gasteiger partial charge < -0.3 is 5.11 Å². The van der Waals surface area contributed by atoms with Crippen molar-refractivity contribution in [1.82, 2.24) is 10.5 Å². The summed E-state index contributed by atoms with van der Waals surface area (Å²) in [5, 5.41) is 18.3. The Hall–Kier alpha value is -3.78. The van der Waals surface area contributed by atoms with Crippen LogP contribution in [0.5, 0.6) is 0 Å². The summed E-state index contributed by atoms with van der Waals surface area (Å²) in [5.74, 6) is 12.0. The number of hydrogen-bond acceptors (Lipinski definition) is 6. The molecule has 1 fully saturated rings. The standard InChI is InChI=1S/C25H21N3O4/c29-15-18-6-5-17(11-18)4-2-1-3-16-7-9-19(10-8-16)23-13-22(25(31)28-32)21-12-20(30)14-26-24(21)27-23/h7-10,13-14,17-18,29,32H,5-6,11-12,15H2,(H,28,31). The van der Waals surface area contributed by atoms with E-state index in [0.717, 1.165) is 30.4 Å². The van der Waals surface area contributed by atoms with Gasteiger partial charge in [-0.3, -0.25) is 14.8 Å². The van der Waals surface area contributed by atoms with Crippen LogP contribution < -0.4 is 5.48 Å². The van der Waals surface area contributed by atoms with E-state index in [9.17, 15) is 14.7 Å². The number of Topliss-reactive ketones (excluding diaryl/α,β-unsaturated/α-hetero) is 1. The molecule has 2 unspecified atom stereocenters. The molecule has 2 aromatic rings. The second-order valence-electron chi connectivity index (χ2n) is 7.85. The summed E-state index contributed by atoms with van der Waals surface area (Å²) in [6.45, 7) is 0.228. The van der Waals surface area contributed by atoms with Crippen LogP contribution in [-0.2, 0) is 11.2 Å². The molecule has 0 spiro atoms. The summed E-state index contributed by atoms with van der Waals surface area (Å²) >= 11 is 0. The molecule has 2 aliphatic rings. The minimum absolute atomic E-state index is 0.00590. The van der Waals surface area contributed by atoms with Crippen LogP contribution in [0.2, 0.25) is 0 Å². The molecule has 1 aromatic carbocycles. The number of nitrogens with one attached hydrogen (secondary N) is 1. The lowest BCUT2D eigenvalue weighted by atomic mass is 9.98. The lowest BCUT2D eigenvalue weighted by Crippen LogP contribution is -2.23. The van der Waals surface area contributed by atoms with Crippen LogP contribution >= 0.6 is 0 Å². The first-order chi connectivity index (χ1) is 15.6. The molecule has 2 atom stereocenters. The molecule has 3 N–H and O–H groups in total. The topological polar surface area (TPSA) is 112 Å². The highest BCUT2D eigenvalue weighted by molar-refractivity contribution is 6.30. The number of fused-ring (bicyclic) bond motifs is 1. The zero-order valence-corrected chi connectivity index (χ0v) is 17.3. The number of hydroxylamine groups is 1. The summed E-state index contributed by atoms with van der Waals surface area (Å²) in [7, 11) is 0. The summed E-state index contributed by atoms with van der Waals surface area (Å²) < 4.78 is 0. The van der Waals surface area contributed by atoms with Crippen LogP contribution in [0.1, 0.15) is 40.7 Å². The van der Waals surface area contributed by atoms with E-state index in [1.165, 1.54) is 12.3 Å². The number of nitrogens with zero attached hydrogens (tertiary/aromatic N) is 2. The lowest BCUT2D eigenvalue weighted by Gasteiger charge is -2.14. The van der Waals surface area contributed by atoms with Crippen molar-refractivity contribution in [2.45, 2.75) is 25.7 Å². The molecule has 160 valence electrons. The van der Waals surface area contributed by atoms with Crippen molar-refractivity contribution in [1.29, 1.82) is 0 Å². The second kappa shape index (κ2) is 9.57. The highest BCUT2D eigenvalue weighted by Gasteiger charge is 2.23. The number of pyridine rings is 1. The van der Waals surface area contributed by atoms with E-state index in [-0.39, 0.29) is 30.2 Å². The molecule has 1 aliphatic heterocycles. The van der Waals surface area contributed by atoms with Gasteiger partial charge in [0.2, 0.25) is 0 Å². The van der Waals surface area contributed by atoms with Gasteiger partial charge >= 0.3 is 0 Å². The zero-order chi connectivity index (χ0) is 22.5. The number of hydrogen-bond donors (Lipinski definition) is 3. The summed E-state index contributed by atoms with van der Waals surface area (Å²) in [6.07, 6.45) is 4.16. The number of aromatic nitrogens is 1. The van der Waals surface area contributed by atoms with Crippen molar-refractivity contribution in [2.24, 2.45) is 16.8 Å². The van der Waals surface area contributed by atoms with Crippen LogP contribution in [0.4, 0.5) is 5.82 Å². The van der Waals surface area contributed by atoms with E-state index in [1.807, 2.05) is 24.3 Å². The SMILES string of the molecule is O=C1C=Nc2nc(-c3ccc(C#CC#CC4CCC(CO)C4)cc3)cc(C(=O)NO)c2C1. The van der Waals surface area contributed by atoms with Gasteiger partial charge in [-0.2, -0.15) is 0 Å². The number of aliphatic hydroxyl groups is 1. The molecule has 7 heteroatoms. The lowest BCUT2D eigenvalue weighted by molar-refractivity contribution is -0.112.